The molecule has 0 saturated carbocycles. The second-order valence-corrected chi connectivity index (χ2v) is 2.70. The highest BCUT2D eigenvalue weighted by molar-refractivity contribution is 5.92. The van der Waals surface area contributed by atoms with Crippen molar-refractivity contribution in [1.29, 1.82) is 0 Å². The van der Waals surface area contributed by atoms with E-state index in [2.05, 4.69) is 9.98 Å². The number of ether oxygens (including phenoxy) is 1. The molecule has 1 aromatic heterocycles. The Bertz CT molecular complexity index is 320. The third-order valence-electron chi connectivity index (χ3n) is 1.69. The van der Waals surface area contributed by atoms with Gasteiger partial charge in [-0.05, 0) is 19.1 Å². The summed E-state index contributed by atoms with van der Waals surface area (Å²) in [4.78, 5) is 8.48. The van der Waals surface area contributed by atoms with Gasteiger partial charge in [-0.1, -0.05) is 6.07 Å². The van der Waals surface area contributed by atoms with Gasteiger partial charge in [-0.15, -0.1) is 0 Å². The summed E-state index contributed by atoms with van der Waals surface area (Å²) in [6.45, 7) is 3.40. The summed E-state index contributed by atoms with van der Waals surface area (Å²) >= 11 is 0. The summed E-state index contributed by atoms with van der Waals surface area (Å²) in [5, 5.41) is 0. The molecule has 2 rings (SSSR count). The van der Waals surface area contributed by atoms with E-state index in [4.69, 9.17) is 4.74 Å². The molecule has 0 aromatic carbocycles. The summed E-state index contributed by atoms with van der Waals surface area (Å²) in [5.74, 6) is 0.679. The number of aliphatic imine (C=N–C) groups is 1. The smallest absolute Gasteiger partial charge is 0.235 e. The van der Waals surface area contributed by atoms with Crippen LogP contribution in [0.25, 0.3) is 0 Å². The fourth-order valence-corrected chi connectivity index (χ4v) is 1.15. The van der Waals surface area contributed by atoms with Crippen molar-refractivity contribution in [3.8, 4) is 0 Å². The van der Waals surface area contributed by atoms with E-state index < -0.39 is 0 Å². The molecule has 0 aliphatic carbocycles. The van der Waals surface area contributed by atoms with Gasteiger partial charge >= 0.3 is 0 Å². The van der Waals surface area contributed by atoms with Gasteiger partial charge in [0.25, 0.3) is 0 Å². The minimum absolute atomic E-state index is 0.679. The maximum atomic E-state index is 5.28. The summed E-state index contributed by atoms with van der Waals surface area (Å²) in [5.41, 5.74) is 1.83. The zero-order valence-electron chi connectivity index (χ0n) is 6.95. The van der Waals surface area contributed by atoms with Crippen LogP contribution in [0.15, 0.2) is 23.2 Å². The Kier molecular flexibility index (Phi) is 1.78. The summed E-state index contributed by atoms with van der Waals surface area (Å²) < 4.78 is 5.28. The molecule has 0 N–H and O–H groups in total. The lowest BCUT2D eigenvalue weighted by atomic mass is 10.3. The van der Waals surface area contributed by atoms with Crippen LogP contribution in [-0.2, 0) is 4.74 Å². The number of hydrogen-bond acceptors (Lipinski definition) is 3. The summed E-state index contributed by atoms with van der Waals surface area (Å²) in [6.07, 6.45) is 0. The van der Waals surface area contributed by atoms with Crippen LogP contribution in [0.1, 0.15) is 11.4 Å². The highest BCUT2D eigenvalue weighted by atomic mass is 16.5. The molecule has 0 bridgehead atoms. The monoisotopic (exact) mass is 162 g/mol. The Morgan fingerprint density at radius 2 is 2.33 bits per heavy atom. The van der Waals surface area contributed by atoms with Crippen molar-refractivity contribution in [1.82, 2.24) is 4.98 Å². The third-order valence-corrected chi connectivity index (χ3v) is 1.69. The molecular formula is C9H10N2O. The number of aromatic nitrogens is 1. The molecule has 1 aliphatic rings. The van der Waals surface area contributed by atoms with Crippen molar-refractivity contribution in [3.63, 3.8) is 0 Å². The molecule has 0 spiro atoms. The van der Waals surface area contributed by atoms with E-state index in [0.717, 1.165) is 17.9 Å². The van der Waals surface area contributed by atoms with E-state index in [-0.39, 0.29) is 0 Å². The molecule has 3 heteroatoms. The van der Waals surface area contributed by atoms with Crippen LogP contribution >= 0.6 is 0 Å². The number of pyridine rings is 1. The molecule has 0 atom stereocenters. The molecule has 1 aliphatic heterocycles. The Morgan fingerprint density at radius 3 is 3.00 bits per heavy atom. The van der Waals surface area contributed by atoms with Gasteiger partial charge in [0.15, 0.2) is 0 Å². The van der Waals surface area contributed by atoms with Crippen molar-refractivity contribution in [2.45, 2.75) is 6.92 Å². The van der Waals surface area contributed by atoms with E-state index in [1.165, 1.54) is 0 Å². The average molecular weight is 162 g/mol. The molecule has 1 aromatic rings. The van der Waals surface area contributed by atoms with Gasteiger partial charge in [0.1, 0.15) is 12.3 Å². The normalized spacial score (nSPS) is 15.6. The average Bonchev–Trinajstić information content (AvgIpc) is 2.56. The zero-order chi connectivity index (χ0) is 8.39. The summed E-state index contributed by atoms with van der Waals surface area (Å²) in [6, 6.07) is 5.83. The summed E-state index contributed by atoms with van der Waals surface area (Å²) in [7, 11) is 0. The van der Waals surface area contributed by atoms with Crippen LogP contribution in [0.3, 0.4) is 0 Å². The van der Waals surface area contributed by atoms with Gasteiger partial charge in [-0.2, -0.15) is 0 Å². The van der Waals surface area contributed by atoms with E-state index in [9.17, 15) is 0 Å². The largest absolute Gasteiger partial charge is 0.474 e. The van der Waals surface area contributed by atoms with Crippen LogP contribution in [0.5, 0.6) is 0 Å². The predicted octanol–water partition coefficient (Wildman–Crippen LogP) is 1.17. The Hall–Kier alpha value is -1.38. The van der Waals surface area contributed by atoms with Crippen LogP contribution in [0, 0.1) is 6.92 Å². The van der Waals surface area contributed by atoms with Gasteiger partial charge in [-0.25, -0.2) is 9.98 Å². The fourth-order valence-electron chi connectivity index (χ4n) is 1.15. The number of rotatable bonds is 1. The molecule has 62 valence electrons. The SMILES string of the molecule is Cc1cccc(C2=NCCO2)n1. The van der Waals surface area contributed by atoms with Crippen molar-refractivity contribution in [2.75, 3.05) is 13.2 Å². The van der Waals surface area contributed by atoms with Crippen LogP contribution in [-0.4, -0.2) is 24.0 Å². The van der Waals surface area contributed by atoms with Gasteiger partial charge in [0.2, 0.25) is 5.90 Å². The molecule has 0 saturated heterocycles. The first-order valence-corrected chi connectivity index (χ1v) is 3.97. The number of hydrogen-bond donors (Lipinski definition) is 0. The zero-order valence-corrected chi connectivity index (χ0v) is 6.95. The molecule has 0 unspecified atom stereocenters. The quantitative estimate of drug-likeness (QED) is 0.621. The molecule has 2 heterocycles. The molecule has 3 nitrogen and oxygen atoms in total. The van der Waals surface area contributed by atoms with Gasteiger partial charge in [-0.3, -0.25) is 0 Å². The molecule has 0 fully saturated rings. The fraction of sp³-hybridized carbons (Fsp3) is 0.333. The van der Waals surface area contributed by atoms with Crippen molar-refractivity contribution < 1.29 is 4.74 Å². The van der Waals surface area contributed by atoms with E-state index in [1.807, 2.05) is 25.1 Å². The Balaban J connectivity index is 2.33. The predicted molar refractivity (Wildman–Crippen MR) is 46.3 cm³/mol. The highest BCUT2D eigenvalue weighted by Crippen LogP contribution is 2.05. The first kappa shape index (κ1) is 7.28. The lowest BCUT2D eigenvalue weighted by Crippen LogP contribution is -2.04. The number of aryl methyl sites for hydroxylation is 1. The minimum atomic E-state index is 0.679. The maximum absolute atomic E-state index is 5.28. The van der Waals surface area contributed by atoms with Crippen molar-refractivity contribution in [2.24, 2.45) is 4.99 Å². The second kappa shape index (κ2) is 2.93. The van der Waals surface area contributed by atoms with Gasteiger partial charge in [0.05, 0.1) is 6.54 Å². The second-order valence-electron chi connectivity index (χ2n) is 2.70. The van der Waals surface area contributed by atoms with E-state index in [0.29, 0.717) is 12.5 Å². The molecule has 12 heavy (non-hydrogen) atoms. The van der Waals surface area contributed by atoms with Crippen LogP contribution in [0.4, 0.5) is 0 Å². The van der Waals surface area contributed by atoms with E-state index >= 15 is 0 Å². The van der Waals surface area contributed by atoms with Gasteiger partial charge in [0, 0.05) is 5.69 Å². The lowest BCUT2D eigenvalue weighted by Gasteiger charge is -2.00. The Labute approximate surface area is 71.1 Å². The van der Waals surface area contributed by atoms with Gasteiger partial charge < -0.3 is 4.74 Å². The first-order valence-electron chi connectivity index (χ1n) is 3.97. The van der Waals surface area contributed by atoms with E-state index in [1.54, 1.807) is 0 Å². The Morgan fingerprint density at radius 1 is 1.42 bits per heavy atom. The number of nitrogens with zero attached hydrogens (tertiary/aromatic N) is 2. The topological polar surface area (TPSA) is 34.5 Å². The third kappa shape index (κ3) is 1.30. The van der Waals surface area contributed by atoms with Crippen LogP contribution in [0.2, 0.25) is 0 Å². The van der Waals surface area contributed by atoms with Crippen molar-refractivity contribution in [3.05, 3.63) is 29.6 Å². The minimum Gasteiger partial charge on any atom is -0.474 e. The highest BCUT2D eigenvalue weighted by Gasteiger charge is 2.10. The van der Waals surface area contributed by atoms with Crippen molar-refractivity contribution >= 4 is 5.90 Å². The molecule has 0 radical (unpaired) electrons. The molecular weight excluding hydrogens is 152 g/mol. The van der Waals surface area contributed by atoms with Crippen LogP contribution < -0.4 is 0 Å². The molecule has 0 amide bonds. The lowest BCUT2D eigenvalue weighted by molar-refractivity contribution is 0.347. The first-order chi connectivity index (χ1) is 5.86. The standard InChI is InChI=1S/C9H10N2O/c1-7-3-2-4-8(11-7)9-10-5-6-12-9/h2-4H,5-6H2,1H3. The maximum Gasteiger partial charge on any atom is 0.235 e.